The van der Waals surface area contributed by atoms with Crippen LogP contribution in [0.3, 0.4) is 0 Å². The van der Waals surface area contributed by atoms with Crippen molar-refractivity contribution >= 4 is 17.1 Å². The van der Waals surface area contributed by atoms with Crippen LogP contribution in [0.5, 0.6) is 0 Å². The number of nitrogens with one attached hydrogen (secondary N) is 2. The van der Waals surface area contributed by atoms with Gasteiger partial charge in [0.1, 0.15) is 11.4 Å². The van der Waals surface area contributed by atoms with Crippen molar-refractivity contribution in [2.75, 3.05) is 17.2 Å². The van der Waals surface area contributed by atoms with Crippen molar-refractivity contribution in [2.24, 2.45) is 0 Å². The molecule has 21 heavy (non-hydrogen) atoms. The third kappa shape index (κ3) is 3.92. The first-order chi connectivity index (χ1) is 10.2. The highest BCUT2D eigenvalue weighted by Crippen LogP contribution is 2.33. The average molecular weight is 286 g/mol. The predicted octanol–water partition coefficient (Wildman–Crippen LogP) is 3.42. The summed E-state index contributed by atoms with van der Waals surface area (Å²) in [5.41, 5.74) is 2.09. The number of nitro groups is 1. The molecule has 0 saturated carbocycles. The second-order valence-corrected chi connectivity index (χ2v) is 4.60. The van der Waals surface area contributed by atoms with E-state index in [1.807, 2.05) is 19.1 Å². The van der Waals surface area contributed by atoms with Gasteiger partial charge in [0.05, 0.1) is 4.92 Å². The van der Waals surface area contributed by atoms with Crippen LogP contribution in [0.1, 0.15) is 18.9 Å². The van der Waals surface area contributed by atoms with Crippen molar-refractivity contribution in [1.82, 2.24) is 4.98 Å². The molecule has 0 bridgehead atoms. The molecular weight excluding hydrogens is 268 g/mol. The fourth-order valence-electron chi connectivity index (χ4n) is 1.99. The number of hydrogen-bond acceptors (Lipinski definition) is 5. The van der Waals surface area contributed by atoms with Crippen LogP contribution in [-0.4, -0.2) is 16.5 Å². The van der Waals surface area contributed by atoms with Crippen LogP contribution in [0.25, 0.3) is 0 Å². The van der Waals surface area contributed by atoms with E-state index in [9.17, 15) is 10.1 Å². The van der Waals surface area contributed by atoms with E-state index in [-0.39, 0.29) is 10.6 Å². The van der Waals surface area contributed by atoms with Gasteiger partial charge in [-0.25, -0.2) is 0 Å². The van der Waals surface area contributed by atoms with E-state index in [2.05, 4.69) is 15.6 Å². The van der Waals surface area contributed by atoms with E-state index in [0.717, 1.165) is 12.0 Å². The van der Waals surface area contributed by atoms with Crippen molar-refractivity contribution in [1.29, 1.82) is 0 Å². The first-order valence-corrected chi connectivity index (χ1v) is 6.86. The number of benzene rings is 1. The first kappa shape index (κ1) is 14.8. The lowest BCUT2D eigenvalue weighted by Crippen LogP contribution is -2.07. The molecule has 6 nitrogen and oxygen atoms in total. The Hall–Kier alpha value is -2.63. The van der Waals surface area contributed by atoms with Gasteiger partial charge in [-0.15, -0.1) is 0 Å². The second kappa shape index (κ2) is 7.23. The van der Waals surface area contributed by atoms with E-state index in [0.29, 0.717) is 24.5 Å². The summed E-state index contributed by atoms with van der Waals surface area (Å²) in [6.07, 6.45) is 4.34. The number of anilines is 2. The minimum Gasteiger partial charge on any atom is -0.379 e. The zero-order valence-electron chi connectivity index (χ0n) is 11.9. The normalized spacial score (nSPS) is 10.1. The maximum Gasteiger partial charge on any atom is 0.315 e. The molecule has 1 heterocycles. The highest BCUT2D eigenvalue weighted by Gasteiger charge is 2.19. The van der Waals surface area contributed by atoms with Crippen molar-refractivity contribution in [3.8, 4) is 0 Å². The maximum atomic E-state index is 11.3. The first-order valence-electron chi connectivity index (χ1n) is 6.86. The Morgan fingerprint density at radius 3 is 2.57 bits per heavy atom. The summed E-state index contributed by atoms with van der Waals surface area (Å²) in [6, 6.07) is 9.00. The summed E-state index contributed by atoms with van der Waals surface area (Å²) in [4.78, 5) is 15.0. The Labute approximate surface area is 123 Å². The Morgan fingerprint density at radius 1 is 1.19 bits per heavy atom. The van der Waals surface area contributed by atoms with Crippen LogP contribution in [0.15, 0.2) is 42.7 Å². The number of nitro benzene ring substituents is 1. The molecule has 2 N–H and O–H groups in total. The van der Waals surface area contributed by atoms with Crippen LogP contribution < -0.4 is 10.6 Å². The smallest absolute Gasteiger partial charge is 0.315 e. The van der Waals surface area contributed by atoms with Crippen LogP contribution >= 0.6 is 0 Å². The van der Waals surface area contributed by atoms with Crippen LogP contribution in [0.4, 0.5) is 17.1 Å². The Balaban J connectivity index is 2.20. The lowest BCUT2D eigenvalue weighted by Gasteiger charge is -2.11. The minimum absolute atomic E-state index is 0.0786. The zero-order chi connectivity index (χ0) is 15.1. The van der Waals surface area contributed by atoms with Crippen LogP contribution in [-0.2, 0) is 6.54 Å². The molecule has 1 aromatic carbocycles. The van der Waals surface area contributed by atoms with Gasteiger partial charge in [0.15, 0.2) is 0 Å². The number of pyridine rings is 1. The molecule has 0 atom stereocenters. The molecule has 0 spiro atoms. The largest absolute Gasteiger partial charge is 0.379 e. The zero-order valence-corrected chi connectivity index (χ0v) is 11.9. The average Bonchev–Trinajstić information content (AvgIpc) is 2.51. The lowest BCUT2D eigenvalue weighted by atomic mass is 10.2. The fourth-order valence-corrected chi connectivity index (χ4v) is 1.99. The molecule has 0 fully saturated rings. The van der Waals surface area contributed by atoms with Gasteiger partial charge in [-0.3, -0.25) is 15.1 Å². The Bertz CT molecular complexity index is 602. The topological polar surface area (TPSA) is 80.1 Å². The van der Waals surface area contributed by atoms with Gasteiger partial charge in [0.2, 0.25) is 0 Å². The van der Waals surface area contributed by atoms with E-state index < -0.39 is 0 Å². The highest BCUT2D eigenvalue weighted by atomic mass is 16.6. The molecule has 0 amide bonds. The molecule has 2 rings (SSSR count). The molecule has 1 aromatic heterocycles. The van der Waals surface area contributed by atoms with Gasteiger partial charge < -0.3 is 10.6 Å². The van der Waals surface area contributed by atoms with Gasteiger partial charge in [0, 0.05) is 25.5 Å². The molecule has 0 aliphatic heterocycles. The van der Waals surface area contributed by atoms with Gasteiger partial charge in [-0.1, -0.05) is 19.1 Å². The Kier molecular flexibility index (Phi) is 5.09. The fraction of sp³-hybridized carbons (Fsp3) is 0.267. The molecule has 6 heteroatoms. The monoisotopic (exact) mass is 286 g/mol. The second-order valence-electron chi connectivity index (χ2n) is 4.60. The molecule has 2 aromatic rings. The molecule has 110 valence electrons. The molecule has 0 aliphatic carbocycles. The van der Waals surface area contributed by atoms with Crippen molar-refractivity contribution in [2.45, 2.75) is 19.9 Å². The van der Waals surface area contributed by atoms with Gasteiger partial charge in [-0.05, 0) is 30.2 Å². The summed E-state index contributed by atoms with van der Waals surface area (Å²) in [5.74, 6) is 0. The van der Waals surface area contributed by atoms with Gasteiger partial charge in [-0.2, -0.15) is 0 Å². The number of nitrogens with zero attached hydrogens (tertiary/aromatic N) is 2. The SMILES string of the molecule is CCCNc1cccc(NCc2cccnc2)c1[N+](=O)[O-]. The molecular formula is C15H18N4O2. The van der Waals surface area contributed by atoms with Crippen LogP contribution in [0, 0.1) is 10.1 Å². The molecule has 0 radical (unpaired) electrons. The van der Waals surface area contributed by atoms with Crippen molar-refractivity contribution < 1.29 is 4.92 Å². The number of aromatic nitrogens is 1. The molecule has 0 aliphatic rings. The van der Waals surface area contributed by atoms with E-state index >= 15 is 0 Å². The lowest BCUT2D eigenvalue weighted by molar-refractivity contribution is -0.383. The summed E-state index contributed by atoms with van der Waals surface area (Å²) in [6.45, 7) is 3.21. The van der Waals surface area contributed by atoms with Gasteiger partial charge >= 0.3 is 5.69 Å². The van der Waals surface area contributed by atoms with E-state index in [1.165, 1.54) is 0 Å². The van der Waals surface area contributed by atoms with Gasteiger partial charge in [0.25, 0.3) is 0 Å². The maximum absolute atomic E-state index is 11.3. The number of para-hydroxylation sites is 1. The molecule has 0 unspecified atom stereocenters. The third-order valence-corrected chi connectivity index (χ3v) is 2.99. The quantitative estimate of drug-likeness (QED) is 0.602. The summed E-state index contributed by atoms with van der Waals surface area (Å²) in [7, 11) is 0. The van der Waals surface area contributed by atoms with E-state index in [1.54, 1.807) is 30.6 Å². The van der Waals surface area contributed by atoms with Crippen molar-refractivity contribution in [3.05, 3.63) is 58.4 Å². The predicted molar refractivity (Wildman–Crippen MR) is 83.4 cm³/mol. The van der Waals surface area contributed by atoms with Crippen molar-refractivity contribution in [3.63, 3.8) is 0 Å². The number of hydrogen-bond donors (Lipinski definition) is 2. The minimum atomic E-state index is -0.358. The summed E-state index contributed by atoms with van der Waals surface area (Å²) >= 11 is 0. The Morgan fingerprint density at radius 2 is 1.95 bits per heavy atom. The van der Waals surface area contributed by atoms with E-state index in [4.69, 9.17) is 0 Å². The standard InChI is InChI=1S/C15H18N4O2/c1-2-8-17-13-6-3-7-14(15(13)19(20)21)18-11-12-5-4-9-16-10-12/h3-7,9-10,17-18H,2,8,11H2,1H3. The third-order valence-electron chi connectivity index (χ3n) is 2.99. The van der Waals surface area contributed by atoms with Crippen LogP contribution in [0.2, 0.25) is 0 Å². The summed E-state index contributed by atoms with van der Waals surface area (Å²) in [5, 5.41) is 17.5. The molecule has 0 saturated heterocycles. The summed E-state index contributed by atoms with van der Waals surface area (Å²) < 4.78 is 0. The highest BCUT2D eigenvalue weighted by molar-refractivity contribution is 5.76. The number of rotatable bonds is 7.